The Bertz CT molecular complexity index is 1290. The van der Waals surface area contributed by atoms with Crippen molar-refractivity contribution in [2.75, 3.05) is 19.0 Å². The Balaban J connectivity index is 1.72. The number of anilines is 1. The standard InChI is InChI=1S/C29H28F2N2O2/c1-19(20-8-6-5-7-9-20)18-25(34)26-27(21-12-16-24(17-13-21)33(3)4)35-28(32-26)22-10-14-23(15-11-22)29(2,30)31/h5-17,19H,18H2,1-4H3. The molecule has 4 aromatic rings. The van der Waals surface area contributed by atoms with Crippen molar-refractivity contribution in [2.24, 2.45) is 0 Å². The predicted molar refractivity (Wildman–Crippen MR) is 135 cm³/mol. The first-order valence-corrected chi connectivity index (χ1v) is 11.5. The molecule has 1 aromatic heterocycles. The Labute approximate surface area is 204 Å². The van der Waals surface area contributed by atoms with Crippen molar-refractivity contribution in [3.63, 3.8) is 0 Å². The second kappa shape index (κ2) is 9.82. The molecule has 1 heterocycles. The summed E-state index contributed by atoms with van der Waals surface area (Å²) in [6.07, 6.45) is 0.264. The van der Waals surface area contributed by atoms with Gasteiger partial charge in [0.05, 0.1) is 0 Å². The van der Waals surface area contributed by atoms with Crippen LogP contribution in [0.5, 0.6) is 0 Å². The minimum atomic E-state index is -2.94. The fourth-order valence-corrected chi connectivity index (χ4v) is 3.92. The molecule has 0 aliphatic rings. The zero-order chi connectivity index (χ0) is 25.2. The Morgan fingerprint density at radius 1 is 0.943 bits per heavy atom. The number of nitrogens with zero attached hydrogens (tertiary/aromatic N) is 2. The third-order valence-corrected chi connectivity index (χ3v) is 6.04. The number of carbonyl (C=O) groups excluding carboxylic acids is 1. The average Bonchev–Trinajstić information content (AvgIpc) is 3.30. The number of Topliss-reactive ketones (excluding diaryl/α,β-unsaturated/α-hetero) is 1. The first-order chi connectivity index (χ1) is 16.6. The van der Waals surface area contributed by atoms with E-state index in [4.69, 9.17) is 4.42 Å². The SMILES string of the molecule is CC(CC(=O)c1nc(-c2ccc(C(C)(F)F)cc2)oc1-c1ccc(N(C)C)cc1)c1ccccc1. The second-order valence-electron chi connectivity index (χ2n) is 9.04. The molecule has 0 saturated carbocycles. The van der Waals surface area contributed by atoms with Crippen molar-refractivity contribution in [1.29, 1.82) is 0 Å². The van der Waals surface area contributed by atoms with Crippen LogP contribution in [0, 0.1) is 0 Å². The fraction of sp³-hybridized carbons (Fsp3) is 0.241. The molecule has 0 amide bonds. The molecule has 180 valence electrons. The van der Waals surface area contributed by atoms with Crippen LogP contribution in [0.4, 0.5) is 14.5 Å². The molecule has 0 spiro atoms. The van der Waals surface area contributed by atoms with E-state index < -0.39 is 5.92 Å². The van der Waals surface area contributed by atoms with Gasteiger partial charge in [-0.3, -0.25) is 4.79 Å². The van der Waals surface area contributed by atoms with E-state index in [0.29, 0.717) is 11.3 Å². The van der Waals surface area contributed by atoms with E-state index in [-0.39, 0.29) is 35.3 Å². The highest BCUT2D eigenvalue weighted by Crippen LogP contribution is 2.34. The van der Waals surface area contributed by atoms with E-state index in [9.17, 15) is 13.6 Å². The largest absolute Gasteiger partial charge is 0.435 e. The average molecular weight is 475 g/mol. The van der Waals surface area contributed by atoms with E-state index in [1.54, 1.807) is 12.1 Å². The molecule has 6 heteroatoms. The summed E-state index contributed by atoms with van der Waals surface area (Å²) in [5.74, 6) is -2.49. The number of aromatic nitrogens is 1. The summed E-state index contributed by atoms with van der Waals surface area (Å²) in [7, 11) is 3.90. The maximum atomic E-state index is 13.6. The molecule has 35 heavy (non-hydrogen) atoms. The topological polar surface area (TPSA) is 46.3 Å². The van der Waals surface area contributed by atoms with Crippen LogP contribution in [-0.2, 0) is 5.92 Å². The number of rotatable bonds is 8. The maximum Gasteiger partial charge on any atom is 0.270 e. The minimum Gasteiger partial charge on any atom is -0.435 e. The van der Waals surface area contributed by atoms with Gasteiger partial charge in [0.15, 0.2) is 17.2 Å². The third-order valence-electron chi connectivity index (χ3n) is 6.04. The molecule has 0 aliphatic carbocycles. The zero-order valence-electron chi connectivity index (χ0n) is 20.3. The second-order valence-corrected chi connectivity index (χ2v) is 9.04. The number of alkyl halides is 2. The first-order valence-electron chi connectivity index (χ1n) is 11.5. The summed E-state index contributed by atoms with van der Waals surface area (Å²) >= 11 is 0. The molecular weight excluding hydrogens is 446 g/mol. The molecule has 4 rings (SSSR count). The minimum absolute atomic E-state index is 0.00103. The summed E-state index contributed by atoms with van der Waals surface area (Å²) in [6, 6.07) is 23.3. The van der Waals surface area contributed by atoms with E-state index in [2.05, 4.69) is 4.98 Å². The highest BCUT2D eigenvalue weighted by atomic mass is 19.3. The lowest BCUT2D eigenvalue weighted by Crippen LogP contribution is -2.08. The normalized spacial score (nSPS) is 12.4. The van der Waals surface area contributed by atoms with E-state index in [1.165, 1.54) is 12.1 Å². The van der Waals surface area contributed by atoms with Crippen LogP contribution >= 0.6 is 0 Å². The van der Waals surface area contributed by atoms with Gasteiger partial charge < -0.3 is 9.32 Å². The number of benzene rings is 3. The van der Waals surface area contributed by atoms with Crippen LogP contribution in [0.3, 0.4) is 0 Å². The molecule has 0 aliphatic heterocycles. The molecule has 0 N–H and O–H groups in total. The molecular formula is C29H28F2N2O2. The number of carbonyl (C=O) groups is 1. The third kappa shape index (κ3) is 5.48. The lowest BCUT2D eigenvalue weighted by Gasteiger charge is -2.12. The highest BCUT2D eigenvalue weighted by molar-refractivity contribution is 6.00. The van der Waals surface area contributed by atoms with Crippen molar-refractivity contribution in [3.05, 3.63) is 95.7 Å². The van der Waals surface area contributed by atoms with Crippen LogP contribution < -0.4 is 4.90 Å². The Morgan fingerprint density at radius 3 is 2.11 bits per heavy atom. The Morgan fingerprint density at radius 2 is 1.54 bits per heavy atom. The summed E-state index contributed by atoms with van der Waals surface area (Å²) in [5.41, 5.74) is 3.47. The van der Waals surface area contributed by atoms with Gasteiger partial charge in [-0.05, 0) is 47.9 Å². The van der Waals surface area contributed by atoms with Gasteiger partial charge in [0.1, 0.15) is 0 Å². The van der Waals surface area contributed by atoms with Gasteiger partial charge in [0.25, 0.3) is 5.92 Å². The van der Waals surface area contributed by atoms with Gasteiger partial charge in [-0.25, -0.2) is 13.8 Å². The van der Waals surface area contributed by atoms with Crippen LogP contribution in [0.25, 0.3) is 22.8 Å². The van der Waals surface area contributed by atoms with Crippen molar-refractivity contribution in [1.82, 2.24) is 4.98 Å². The van der Waals surface area contributed by atoms with E-state index in [1.807, 2.05) is 80.5 Å². The summed E-state index contributed by atoms with van der Waals surface area (Å²) < 4.78 is 33.4. The number of halogens is 2. The lowest BCUT2D eigenvalue weighted by molar-refractivity contribution is 0.0175. The molecule has 0 fully saturated rings. The molecule has 0 saturated heterocycles. The number of ketones is 1. The highest BCUT2D eigenvalue weighted by Gasteiger charge is 2.26. The quantitative estimate of drug-likeness (QED) is 0.247. The van der Waals surface area contributed by atoms with Crippen LogP contribution in [-0.4, -0.2) is 24.9 Å². The molecule has 1 atom stereocenters. The monoisotopic (exact) mass is 474 g/mol. The molecule has 1 unspecified atom stereocenters. The van der Waals surface area contributed by atoms with Crippen LogP contribution in [0.1, 0.15) is 47.8 Å². The molecule has 3 aromatic carbocycles. The van der Waals surface area contributed by atoms with Crippen molar-refractivity contribution in [3.8, 4) is 22.8 Å². The van der Waals surface area contributed by atoms with Gasteiger partial charge in [-0.1, -0.05) is 49.4 Å². The molecule has 4 nitrogen and oxygen atoms in total. The first kappa shape index (κ1) is 24.3. The van der Waals surface area contributed by atoms with E-state index >= 15 is 0 Å². The maximum absolute atomic E-state index is 13.6. The zero-order valence-corrected chi connectivity index (χ0v) is 20.3. The van der Waals surface area contributed by atoms with Gasteiger partial charge in [-0.2, -0.15) is 0 Å². The van der Waals surface area contributed by atoms with Crippen LogP contribution in [0.15, 0.2) is 83.3 Å². The van der Waals surface area contributed by atoms with Crippen LogP contribution in [0.2, 0.25) is 0 Å². The summed E-state index contributed by atoms with van der Waals surface area (Å²) in [4.78, 5) is 19.9. The van der Waals surface area contributed by atoms with E-state index in [0.717, 1.165) is 23.7 Å². The Hall–Kier alpha value is -3.80. The molecule has 0 bridgehead atoms. The van der Waals surface area contributed by atoms with Crippen molar-refractivity contribution >= 4 is 11.5 Å². The summed E-state index contributed by atoms with van der Waals surface area (Å²) in [5, 5.41) is 0. The van der Waals surface area contributed by atoms with Crippen molar-refractivity contribution in [2.45, 2.75) is 32.1 Å². The fourth-order valence-electron chi connectivity index (χ4n) is 3.92. The Kier molecular flexibility index (Phi) is 6.83. The van der Waals surface area contributed by atoms with Gasteiger partial charge >= 0.3 is 0 Å². The number of oxazole rings is 1. The summed E-state index contributed by atoms with van der Waals surface area (Å²) in [6.45, 7) is 2.86. The number of hydrogen-bond acceptors (Lipinski definition) is 4. The van der Waals surface area contributed by atoms with Gasteiger partial charge in [0.2, 0.25) is 5.89 Å². The number of hydrogen-bond donors (Lipinski definition) is 0. The molecule has 0 radical (unpaired) electrons. The smallest absolute Gasteiger partial charge is 0.270 e. The lowest BCUT2D eigenvalue weighted by atomic mass is 9.94. The predicted octanol–water partition coefficient (Wildman–Crippen LogP) is 7.56. The van der Waals surface area contributed by atoms with Gasteiger partial charge in [-0.15, -0.1) is 0 Å². The van der Waals surface area contributed by atoms with Crippen molar-refractivity contribution < 1.29 is 18.0 Å². The van der Waals surface area contributed by atoms with Gasteiger partial charge in [0, 0.05) is 49.8 Å².